The van der Waals surface area contributed by atoms with Crippen LogP contribution < -0.4 is 5.32 Å². The van der Waals surface area contributed by atoms with Crippen LogP contribution in [0.25, 0.3) is 0 Å². The Kier molecular flexibility index (Phi) is 5.99. The second-order valence-corrected chi connectivity index (χ2v) is 5.09. The van der Waals surface area contributed by atoms with E-state index in [1.54, 1.807) is 13.8 Å². The first-order valence-electron chi connectivity index (χ1n) is 6.58. The number of benzene rings is 1. The van der Waals surface area contributed by atoms with Gasteiger partial charge in [0.1, 0.15) is 5.72 Å². The average Bonchev–Trinajstić information content (AvgIpc) is 2.33. The summed E-state index contributed by atoms with van der Waals surface area (Å²) in [5, 5.41) is 12.2. The van der Waals surface area contributed by atoms with Crippen LogP contribution in [-0.4, -0.2) is 30.0 Å². The third-order valence-corrected chi connectivity index (χ3v) is 2.65. The number of nitrogens with one attached hydrogen (secondary N) is 1. The van der Waals surface area contributed by atoms with Gasteiger partial charge in [-0.05, 0) is 32.8 Å². The minimum Gasteiger partial charge on any atom is -0.381 e. The van der Waals surface area contributed by atoms with E-state index in [9.17, 15) is 9.90 Å². The molecule has 0 aliphatic carbocycles. The summed E-state index contributed by atoms with van der Waals surface area (Å²) in [6, 6.07) is 9.80. The van der Waals surface area contributed by atoms with Crippen molar-refractivity contribution in [1.82, 2.24) is 5.32 Å². The number of carbonyl (C=O) groups excluding carboxylic acids is 1. The molecule has 0 aromatic heterocycles. The van der Waals surface area contributed by atoms with Crippen molar-refractivity contribution < 1.29 is 14.6 Å². The van der Waals surface area contributed by atoms with Crippen LogP contribution in [0.15, 0.2) is 30.3 Å². The second-order valence-electron chi connectivity index (χ2n) is 5.09. The van der Waals surface area contributed by atoms with Gasteiger partial charge in [-0.25, -0.2) is 0 Å². The predicted molar refractivity (Wildman–Crippen MR) is 74.6 cm³/mol. The van der Waals surface area contributed by atoms with Gasteiger partial charge in [-0.15, -0.1) is 0 Å². The van der Waals surface area contributed by atoms with Crippen molar-refractivity contribution in [2.45, 2.75) is 32.9 Å². The minimum absolute atomic E-state index is 0.190. The van der Waals surface area contributed by atoms with E-state index < -0.39 is 5.72 Å². The summed E-state index contributed by atoms with van der Waals surface area (Å²) in [4.78, 5) is 12.1. The zero-order chi connectivity index (χ0) is 14.3. The average molecular weight is 265 g/mol. The van der Waals surface area contributed by atoms with Crippen molar-refractivity contribution in [3.63, 3.8) is 0 Å². The highest BCUT2D eigenvalue weighted by Gasteiger charge is 2.24. The smallest absolute Gasteiger partial charge is 0.227 e. The maximum Gasteiger partial charge on any atom is 0.227 e. The van der Waals surface area contributed by atoms with Crippen LogP contribution in [0.2, 0.25) is 0 Å². The third kappa shape index (κ3) is 6.36. The fourth-order valence-corrected chi connectivity index (χ4v) is 1.79. The highest BCUT2D eigenvalue weighted by atomic mass is 16.5. The summed E-state index contributed by atoms with van der Waals surface area (Å²) in [5.74, 6) is -0.487. The fourth-order valence-electron chi connectivity index (χ4n) is 1.79. The van der Waals surface area contributed by atoms with Crippen LogP contribution in [0, 0.1) is 5.92 Å². The number of rotatable bonds is 7. The van der Waals surface area contributed by atoms with E-state index in [2.05, 4.69) is 5.32 Å². The highest BCUT2D eigenvalue weighted by molar-refractivity contribution is 5.79. The summed E-state index contributed by atoms with van der Waals surface area (Å²) >= 11 is 0. The number of carbonyl (C=O) groups is 1. The zero-order valence-electron chi connectivity index (χ0n) is 11.8. The van der Waals surface area contributed by atoms with Gasteiger partial charge in [-0.3, -0.25) is 4.79 Å². The molecule has 1 atom stereocenters. The highest BCUT2D eigenvalue weighted by Crippen LogP contribution is 2.11. The molecule has 2 N–H and O–H groups in total. The topological polar surface area (TPSA) is 58.6 Å². The van der Waals surface area contributed by atoms with Crippen molar-refractivity contribution in [3.05, 3.63) is 35.9 Å². The van der Waals surface area contributed by atoms with E-state index >= 15 is 0 Å². The Balaban J connectivity index is 2.68. The molecule has 0 spiro atoms. The van der Waals surface area contributed by atoms with Gasteiger partial charge in [-0.1, -0.05) is 30.3 Å². The molecule has 0 saturated carbocycles. The summed E-state index contributed by atoms with van der Waals surface area (Å²) in [6.07, 6.45) is 0.600. The lowest BCUT2D eigenvalue weighted by atomic mass is 9.99. The maximum atomic E-state index is 12.1. The molecule has 1 unspecified atom stereocenters. The molecule has 0 saturated heterocycles. The van der Waals surface area contributed by atoms with Gasteiger partial charge in [-0.2, -0.15) is 0 Å². The predicted octanol–water partition coefficient (Wildman–Crippen LogP) is 1.73. The number of hydrogen-bond donors (Lipinski definition) is 2. The molecule has 1 aromatic carbocycles. The van der Waals surface area contributed by atoms with E-state index in [-0.39, 0.29) is 11.8 Å². The molecular weight excluding hydrogens is 242 g/mol. The van der Waals surface area contributed by atoms with Gasteiger partial charge in [0.25, 0.3) is 0 Å². The van der Waals surface area contributed by atoms with Crippen molar-refractivity contribution in [3.8, 4) is 0 Å². The van der Waals surface area contributed by atoms with E-state index in [0.29, 0.717) is 19.6 Å². The van der Waals surface area contributed by atoms with Gasteiger partial charge in [0.05, 0.1) is 12.5 Å². The fraction of sp³-hybridized carbons (Fsp3) is 0.533. The summed E-state index contributed by atoms with van der Waals surface area (Å²) in [5.41, 5.74) is -0.129. The monoisotopic (exact) mass is 265 g/mol. The Bertz CT molecular complexity index is 384. The molecule has 0 fully saturated rings. The molecule has 106 valence electrons. The molecule has 19 heavy (non-hydrogen) atoms. The van der Waals surface area contributed by atoms with Crippen LogP contribution in [-0.2, 0) is 16.0 Å². The number of hydrogen-bond acceptors (Lipinski definition) is 3. The molecule has 0 aliphatic rings. The Morgan fingerprint density at radius 3 is 2.53 bits per heavy atom. The van der Waals surface area contributed by atoms with Crippen molar-refractivity contribution in [2.24, 2.45) is 5.92 Å². The Hall–Kier alpha value is -1.39. The van der Waals surface area contributed by atoms with E-state index in [0.717, 1.165) is 5.56 Å². The molecule has 1 amide bonds. The number of aliphatic hydroxyl groups is 1. The molecular formula is C15H23NO3. The number of amides is 1. The van der Waals surface area contributed by atoms with E-state index in [1.807, 2.05) is 37.3 Å². The maximum absolute atomic E-state index is 12.1. The summed E-state index contributed by atoms with van der Waals surface area (Å²) < 4.78 is 5.36. The van der Waals surface area contributed by atoms with Crippen LogP contribution >= 0.6 is 0 Å². The molecule has 0 radical (unpaired) electrons. The van der Waals surface area contributed by atoms with Crippen molar-refractivity contribution in [2.75, 3.05) is 13.2 Å². The molecule has 0 heterocycles. The van der Waals surface area contributed by atoms with E-state index in [4.69, 9.17) is 4.74 Å². The van der Waals surface area contributed by atoms with Crippen LogP contribution in [0.5, 0.6) is 0 Å². The first kappa shape index (κ1) is 15.7. The number of ether oxygens (including phenoxy) is 1. The summed E-state index contributed by atoms with van der Waals surface area (Å²) in [7, 11) is 0. The normalized spacial score (nSPS) is 13.1. The van der Waals surface area contributed by atoms with Gasteiger partial charge >= 0.3 is 0 Å². The molecule has 4 heteroatoms. The standard InChI is InChI=1S/C15H23NO3/c1-4-19-11-13(14(17)16-15(2,3)18)10-12-8-6-5-7-9-12/h5-9,13,18H,4,10-11H2,1-3H3,(H,16,17). The summed E-state index contributed by atoms with van der Waals surface area (Å²) in [6.45, 7) is 5.91. The molecule has 0 bridgehead atoms. The lowest BCUT2D eigenvalue weighted by molar-refractivity contribution is -0.133. The quantitative estimate of drug-likeness (QED) is 0.738. The lowest BCUT2D eigenvalue weighted by Gasteiger charge is -2.23. The molecule has 4 nitrogen and oxygen atoms in total. The van der Waals surface area contributed by atoms with Crippen molar-refractivity contribution in [1.29, 1.82) is 0 Å². The Labute approximate surface area is 114 Å². The Morgan fingerprint density at radius 2 is 2.00 bits per heavy atom. The SMILES string of the molecule is CCOCC(Cc1ccccc1)C(=O)NC(C)(C)O. The molecule has 0 aliphatic heterocycles. The molecule has 1 aromatic rings. The minimum atomic E-state index is -1.21. The first-order chi connectivity index (χ1) is 8.92. The molecule has 1 rings (SSSR count). The largest absolute Gasteiger partial charge is 0.381 e. The van der Waals surface area contributed by atoms with Gasteiger partial charge in [0.15, 0.2) is 0 Å². The lowest BCUT2D eigenvalue weighted by Crippen LogP contribution is -2.47. The van der Waals surface area contributed by atoms with Gasteiger partial charge < -0.3 is 15.2 Å². The third-order valence-electron chi connectivity index (χ3n) is 2.65. The van der Waals surface area contributed by atoms with Crippen LogP contribution in [0.3, 0.4) is 0 Å². The first-order valence-corrected chi connectivity index (χ1v) is 6.58. The van der Waals surface area contributed by atoms with Crippen LogP contribution in [0.4, 0.5) is 0 Å². The second kappa shape index (κ2) is 7.26. The zero-order valence-corrected chi connectivity index (χ0v) is 11.8. The van der Waals surface area contributed by atoms with Crippen molar-refractivity contribution >= 4 is 5.91 Å². The van der Waals surface area contributed by atoms with Gasteiger partial charge in [0.2, 0.25) is 5.91 Å². The van der Waals surface area contributed by atoms with Gasteiger partial charge in [0, 0.05) is 6.61 Å². The van der Waals surface area contributed by atoms with Crippen LogP contribution in [0.1, 0.15) is 26.3 Å². The Morgan fingerprint density at radius 1 is 1.37 bits per heavy atom. The van der Waals surface area contributed by atoms with E-state index in [1.165, 1.54) is 0 Å².